The summed E-state index contributed by atoms with van der Waals surface area (Å²) in [5.41, 5.74) is 1.36. The Labute approximate surface area is 140 Å². The SMILES string of the molecule is O=C(CCNc1ncnc2nc[nH]c12)NCCCN1CCOCC1. The number of ether oxygens (including phenoxy) is 1. The third kappa shape index (κ3) is 4.62. The molecule has 1 saturated heterocycles. The van der Waals surface area contributed by atoms with E-state index in [2.05, 4.69) is 35.5 Å². The molecule has 1 aliphatic heterocycles. The summed E-state index contributed by atoms with van der Waals surface area (Å²) in [5.74, 6) is 0.706. The largest absolute Gasteiger partial charge is 0.379 e. The summed E-state index contributed by atoms with van der Waals surface area (Å²) in [5, 5.41) is 6.09. The lowest BCUT2D eigenvalue weighted by atomic mass is 10.3. The van der Waals surface area contributed by atoms with Crippen molar-refractivity contribution < 1.29 is 9.53 Å². The van der Waals surface area contributed by atoms with Gasteiger partial charge in [-0.15, -0.1) is 0 Å². The van der Waals surface area contributed by atoms with Crippen LogP contribution in [0.2, 0.25) is 0 Å². The van der Waals surface area contributed by atoms with Gasteiger partial charge in [-0.2, -0.15) is 0 Å². The van der Waals surface area contributed by atoms with Crippen molar-refractivity contribution in [3.05, 3.63) is 12.7 Å². The second kappa shape index (κ2) is 8.55. The fourth-order valence-electron chi connectivity index (χ4n) is 2.64. The van der Waals surface area contributed by atoms with Crippen molar-refractivity contribution in [2.45, 2.75) is 12.8 Å². The molecule has 0 aliphatic carbocycles. The first-order valence-corrected chi connectivity index (χ1v) is 8.27. The molecule has 2 aromatic rings. The molecule has 130 valence electrons. The third-order valence-corrected chi connectivity index (χ3v) is 3.94. The lowest BCUT2D eigenvalue weighted by Crippen LogP contribution is -2.38. The van der Waals surface area contributed by atoms with Gasteiger partial charge in [-0.25, -0.2) is 15.0 Å². The van der Waals surface area contributed by atoms with Gasteiger partial charge in [0.1, 0.15) is 11.8 Å². The van der Waals surface area contributed by atoms with Gasteiger partial charge < -0.3 is 20.4 Å². The molecular weight excluding hydrogens is 310 g/mol. The highest BCUT2D eigenvalue weighted by atomic mass is 16.5. The van der Waals surface area contributed by atoms with Crippen LogP contribution >= 0.6 is 0 Å². The van der Waals surface area contributed by atoms with Crippen LogP contribution in [0.5, 0.6) is 0 Å². The third-order valence-electron chi connectivity index (χ3n) is 3.94. The molecule has 2 aromatic heterocycles. The fraction of sp³-hybridized carbons (Fsp3) is 0.600. The summed E-state index contributed by atoms with van der Waals surface area (Å²) in [7, 11) is 0. The maximum Gasteiger partial charge on any atom is 0.221 e. The predicted octanol–water partition coefficient (Wildman–Crippen LogP) is -0.00660. The quantitative estimate of drug-likeness (QED) is 0.583. The Kier molecular flexibility index (Phi) is 5.91. The van der Waals surface area contributed by atoms with E-state index in [0.717, 1.165) is 44.8 Å². The number of nitrogens with zero attached hydrogens (tertiary/aromatic N) is 4. The number of nitrogens with one attached hydrogen (secondary N) is 3. The summed E-state index contributed by atoms with van der Waals surface area (Å²) in [6.45, 7) is 5.81. The van der Waals surface area contributed by atoms with E-state index >= 15 is 0 Å². The summed E-state index contributed by atoms with van der Waals surface area (Å²) < 4.78 is 5.31. The van der Waals surface area contributed by atoms with Crippen LogP contribution in [0.4, 0.5) is 5.82 Å². The number of hydrogen-bond donors (Lipinski definition) is 3. The van der Waals surface area contributed by atoms with E-state index < -0.39 is 0 Å². The minimum atomic E-state index is 0.0411. The van der Waals surface area contributed by atoms with Gasteiger partial charge in [0.15, 0.2) is 11.5 Å². The molecule has 0 bridgehead atoms. The van der Waals surface area contributed by atoms with Crippen LogP contribution in [0.15, 0.2) is 12.7 Å². The summed E-state index contributed by atoms with van der Waals surface area (Å²) in [6, 6.07) is 0. The molecule has 0 unspecified atom stereocenters. The molecule has 3 heterocycles. The average molecular weight is 333 g/mol. The Morgan fingerprint density at radius 2 is 2.12 bits per heavy atom. The number of fused-ring (bicyclic) bond motifs is 1. The number of aromatic amines is 1. The maximum atomic E-state index is 11.9. The molecule has 0 spiro atoms. The van der Waals surface area contributed by atoms with Gasteiger partial charge in [0.05, 0.1) is 19.5 Å². The van der Waals surface area contributed by atoms with Crippen molar-refractivity contribution in [1.82, 2.24) is 30.2 Å². The van der Waals surface area contributed by atoms with Gasteiger partial charge in [0.25, 0.3) is 0 Å². The summed E-state index contributed by atoms with van der Waals surface area (Å²) in [6.07, 6.45) is 4.39. The number of carbonyl (C=O) groups excluding carboxylic acids is 1. The first kappa shape index (κ1) is 16.6. The van der Waals surface area contributed by atoms with E-state index in [0.29, 0.717) is 31.0 Å². The van der Waals surface area contributed by atoms with Gasteiger partial charge in [0, 0.05) is 32.6 Å². The van der Waals surface area contributed by atoms with Crippen molar-refractivity contribution in [2.24, 2.45) is 0 Å². The van der Waals surface area contributed by atoms with Crippen molar-refractivity contribution in [1.29, 1.82) is 0 Å². The second-order valence-electron chi connectivity index (χ2n) is 5.66. The molecule has 0 atom stereocenters. The van der Waals surface area contributed by atoms with Gasteiger partial charge in [-0.3, -0.25) is 9.69 Å². The molecule has 9 nitrogen and oxygen atoms in total. The molecule has 3 N–H and O–H groups in total. The zero-order valence-corrected chi connectivity index (χ0v) is 13.6. The minimum Gasteiger partial charge on any atom is -0.379 e. The first-order chi connectivity index (χ1) is 11.8. The number of aromatic nitrogens is 4. The molecule has 24 heavy (non-hydrogen) atoms. The van der Waals surface area contributed by atoms with Crippen molar-refractivity contribution >= 4 is 22.9 Å². The van der Waals surface area contributed by atoms with E-state index in [1.165, 1.54) is 6.33 Å². The Morgan fingerprint density at radius 3 is 3.00 bits per heavy atom. The number of H-pyrrole nitrogens is 1. The minimum absolute atomic E-state index is 0.0411. The average Bonchev–Trinajstić information content (AvgIpc) is 3.09. The number of hydrogen-bond acceptors (Lipinski definition) is 7. The number of anilines is 1. The lowest BCUT2D eigenvalue weighted by Gasteiger charge is -2.26. The molecule has 0 saturated carbocycles. The summed E-state index contributed by atoms with van der Waals surface area (Å²) in [4.78, 5) is 29.5. The Balaban J connectivity index is 1.30. The topological polar surface area (TPSA) is 108 Å². The number of imidazole rings is 1. The first-order valence-electron chi connectivity index (χ1n) is 8.27. The van der Waals surface area contributed by atoms with E-state index in [1.54, 1.807) is 6.33 Å². The standard InChI is InChI=1S/C15H23N7O2/c23-12(16-3-1-5-22-6-8-24-9-7-22)2-4-17-14-13-15(19-10-18-13)21-11-20-14/h10-11H,1-9H2,(H,16,23)(H2,17,18,19,20,21). The normalized spacial score (nSPS) is 15.5. The second-order valence-corrected chi connectivity index (χ2v) is 5.66. The van der Waals surface area contributed by atoms with Crippen molar-refractivity contribution in [2.75, 3.05) is 51.3 Å². The molecule has 1 fully saturated rings. The molecular formula is C15H23N7O2. The highest BCUT2D eigenvalue weighted by Crippen LogP contribution is 2.13. The zero-order valence-electron chi connectivity index (χ0n) is 13.6. The monoisotopic (exact) mass is 333 g/mol. The molecule has 0 aromatic carbocycles. The van der Waals surface area contributed by atoms with Crippen LogP contribution in [0.3, 0.4) is 0 Å². The smallest absolute Gasteiger partial charge is 0.221 e. The van der Waals surface area contributed by atoms with Crippen molar-refractivity contribution in [3.8, 4) is 0 Å². The van der Waals surface area contributed by atoms with Crippen LogP contribution in [-0.2, 0) is 9.53 Å². The van der Waals surface area contributed by atoms with E-state index in [9.17, 15) is 4.79 Å². The number of carbonyl (C=O) groups is 1. The highest BCUT2D eigenvalue weighted by Gasteiger charge is 2.10. The molecule has 9 heteroatoms. The van der Waals surface area contributed by atoms with Crippen LogP contribution in [0, 0.1) is 0 Å². The summed E-state index contributed by atoms with van der Waals surface area (Å²) >= 11 is 0. The fourth-order valence-corrected chi connectivity index (χ4v) is 2.64. The van der Waals surface area contributed by atoms with E-state index in [-0.39, 0.29) is 5.91 Å². The lowest BCUT2D eigenvalue weighted by molar-refractivity contribution is -0.120. The predicted molar refractivity (Wildman–Crippen MR) is 89.7 cm³/mol. The molecule has 0 radical (unpaired) electrons. The number of morpholine rings is 1. The van der Waals surface area contributed by atoms with Crippen LogP contribution < -0.4 is 10.6 Å². The molecule has 1 amide bonds. The van der Waals surface area contributed by atoms with Gasteiger partial charge >= 0.3 is 0 Å². The highest BCUT2D eigenvalue weighted by molar-refractivity contribution is 5.82. The van der Waals surface area contributed by atoms with Gasteiger partial charge in [0.2, 0.25) is 5.91 Å². The molecule has 1 aliphatic rings. The zero-order chi connectivity index (χ0) is 16.6. The van der Waals surface area contributed by atoms with Crippen molar-refractivity contribution in [3.63, 3.8) is 0 Å². The Hall–Kier alpha value is -2.26. The molecule has 3 rings (SSSR count). The van der Waals surface area contributed by atoms with Gasteiger partial charge in [-0.1, -0.05) is 0 Å². The van der Waals surface area contributed by atoms with E-state index in [1.807, 2.05) is 0 Å². The van der Waals surface area contributed by atoms with E-state index in [4.69, 9.17) is 4.74 Å². The van der Waals surface area contributed by atoms with Gasteiger partial charge in [-0.05, 0) is 13.0 Å². The Bertz CT molecular complexity index is 654. The van der Waals surface area contributed by atoms with Crippen LogP contribution in [-0.4, -0.2) is 76.7 Å². The Morgan fingerprint density at radius 1 is 1.25 bits per heavy atom. The number of amides is 1. The van der Waals surface area contributed by atoms with Crippen LogP contribution in [0.1, 0.15) is 12.8 Å². The number of rotatable bonds is 8. The maximum absolute atomic E-state index is 11.9. The van der Waals surface area contributed by atoms with Crippen LogP contribution in [0.25, 0.3) is 11.2 Å².